The number of para-hydroxylation sites is 1. The Morgan fingerprint density at radius 2 is 1.51 bits per heavy atom. The molecular formula is C26H29F2N5O2. The Bertz CT molecular complexity index is 1140. The van der Waals surface area contributed by atoms with Crippen molar-refractivity contribution < 1.29 is 18.0 Å². The van der Waals surface area contributed by atoms with Crippen LogP contribution >= 0.6 is 0 Å². The number of nitrogens with zero attached hydrogens (tertiary/aromatic N) is 5. The number of amides is 1. The molecule has 9 heteroatoms. The van der Waals surface area contributed by atoms with E-state index in [4.69, 9.17) is 4.42 Å². The third kappa shape index (κ3) is 5.68. The van der Waals surface area contributed by atoms with Gasteiger partial charge in [-0.25, -0.2) is 13.8 Å². The molecule has 1 aromatic heterocycles. The van der Waals surface area contributed by atoms with E-state index in [2.05, 4.69) is 31.8 Å². The Morgan fingerprint density at radius 1 is 0.829 bits per heavy atom. The van der Waals surface area contributed by atoms with Gasteiger partial charge in [0.05, 0.1) is 6.54 Å². The van der Waals surface area contributed by atoms with Gasteiger partial charge in [0, 0.05) is 64.6 Å². The Labute approximate surface area is 203 Å². The molecule has 0 N–H and O–H groups in total. The molecule has 2 aliphatic heterocycles. The lowest BCUT2D eigenvalue weighted by Crippen LogP contribution is -2.48. The molecule has 2 fully saturated rings. The van der Waals surface area contributed by atoms with Gasteiger partial charge < -0.3 is 14.2 Å². The SMILES string of the molecule is O=C(c1coc(CN2CCN(Cc3ccc(F)c(F)c3)CC2)n1)N1CCN(c2ccccc2)CC1. The second-order valence-electron chi connectivity index (χ2n) is 9.04. The number of anilines is 1. The zero-order valence-corrected chi connectivity index (χ0v) is 19.6. The highest BCUT2D eigenvalue weighted by molar-refractivity contribution is 5.92. The summed E-state index contributed by atoms with van der Waals surface area (Å²) >= 11 is 0. The number of hydrogen-bond acceptors (Lipinski definition) is 6. The summed E-state index contributed by atoms with van der Waals surface area (Å²) < 4.78 is 32.2. The van der Waals surface area contributed by atoms with Crippen LogP contribution in [0, 0.1) is 11.6 Å². The zero-order valence-electron chi connectivity index (χ0n) is 19.6. The first kappa shape index (κ1) is 23.4. The van der Waals surface area contributed by atoms with Crippen molar-refractivity contribution in [2.24, 2.45) is 0 Å². The van der Waals surface area contributed by atoms with Gasteiger partial charge in [0.15, 0.2) is 17.3 Å². The van der Waals surface area contributed by atoms with Crippen LogP contribution in [-0.4, -0.2) is 77.9 Å². The first-order valence-corrected chi connectivity index (χ1v) is 12.0. The molecule has 0 spiro atoms. The van der Waals surface area contributed by atoms with Crippen molar-refractivity contribution in [3.05, 3.63) is 83.6 Å². The monoisotopic (exact) mass is 481 g/mol. The van der Waals surface area contributed by atoms with Gasteiger partial charge in [0.1, 0.15) is 6.26 Å². The number of benzene rings is 2. The van der Waals surface area contributed by atoms with Crippen molar-refractivity contribution in [1.82, 2.24) is 19.7 Å². The largest absolute Gasteiger partial charge is 0.447 e. The van der Waals surface area contributed by atoms with Crippen molar-refractivity contribution in [2.45, 2.75) is 13.1 Å². The number of halogens is 2. The van der Waals surface area contributed by atoms with E-state index in [1.54, 1.807) is 6.07 Å². The highest BCUT2D eigenvalue weighted by atomic mass is 19.2. The fraction of sp³-hybridized carbons (Fsp3) is 0.385. The van der Waals surface area contributed by atoms with Crippen molar-refractivity contribution in [3.63, 3.8) is 0 Å². The molecule has 0 radical (unpaired) electrons. The van der Waals surface area contributed by atoms with Crippen LogP contribution in [0.15, 0.2) is 59.2 Å². The Morgan fingerprint density at radius 3 is 2.20 bits per heavy atom. The number of hydrogen-bond donors (Lipinski definition) is 0. The van der Waals surface area contributed by atoms with Gasteiger partial charge >= 0.3 is 0 Å². The third-order valence-corrected chi connectivity index (χ3v) is 6.67. The first-order valence-electron chi connectivity index (χ1n) is 12.0. The fourth-order valence-corrected chi connectivity index (χ4v) is 4.64. The van der Waals surface area contributed by atoms with E-state index < -0.39 is 11.6 Å². The van der Waals surface area contributed by atoms with Crippen molar-refractivity contribution in [1.29, 1.82) is 0 Å². The lowest BCUT2D eigenvalue weighted by molar-refractivity contribution is 0.0740. The summed E-state index contributed by atoms with van der Waals surface area (Å²) in [4.78, 5) is 25.9. The molecule has 2 saturated heterocycles. The van der Waals surface area contributed by atoms with Gasteiger partial charge in [0.2, 0.25) is 5.89 Å². The Kier molecular flexibility index (Phi) is 7.06. The van der Waals surface area contributed by atoms with Gasteiger partial charge in [-0.1, -0.05) is 24.3 Å². The second kappa shape index (κ2) is 10.5. The van der Waals surface area contributed by atoms with Crippen LogP contribution < -0.4 is 4.90 Å². The van der Waals surface area contributed by atoms with Gasteiger partial charge in [-0.2, -0.15) is 0 Å². The van der Waals surface area contributed by atoms with E-state index in [-0.39, 0.29) is 5.91 Å². The molecule has 2 aromatic carbocycles. The first-order chi connectivity index (χ1) is 17.0. The molecule has 0 bridgehead atoms. The normalized spacial score (nSPS) is 17.7. The minimum atomic E-state index is -0.822. The number of carbonyl (C=O) groups excluding carboxylic acids is 1. The van der Waals surface area contributed by atoms with Crippen molar-refractivity contribution >= 4 is 11.6 Å². The quantitative estimate of drug-likeness (QED) is 0.539. The van der Waals surface area contributed by atoms with Crippen LogP contribution in [0.4, 0.5) is 14.5 Å². The maximum atomic E-state index is 13.5. The summed E-state index contributed by atoms with van der Waals surface area (Å²) in [6.07, 6.45) is 1.46. The van der Waals surface area contributed by atoms with E-state index in [9.17, 15) is 13.6 Å². The summed E-state index contributed by atoms with van der Waals surface area (Å²) in [6, 6.07) is 14.3. The maximum absolute atomic E-state index is 13.5. The summed E-state index contributed by atoms with van der Waals surface area (Å²) in [5.74, 6) is -1.19. The molecule has 0 atom stereocenters. The summed E-state index contributed by atoms with van der Waals surface area (Å²) in [7, 11) is 0. The van der Waals surface area contributed by atoms with Crippen molar-refractivity contribution in [2.75, 3.05) is 57.3 Å². The van der Waals surface area contributed by atoms with E-state index in [1.807, 2.05) is 23.1 Å². The minimum Gasteiger partial charge on any atom is -0.447 e. The van der Waals surface area contributed by atoms with Crippen molar-refractivity contribution in [3.8, 4) is 0 Å². The number of carbonyl (C=O) groups is 1. The molecule has 184 valence electrons. The van der Waals surface area contributed by atoms with Gasteiger partial charge in [-0.15, -0.1) is 0 Å². The molecule has 35 heavy (non-hydrogen) atoms. The lowest BCUT2D eigenvalue weighted by atomic mass is 10.2. The highest BCUT2D eigenvalue weighted by Crippen LogP contribution is 2.18. The molecule has 0 aliphatic carbocycles. The molecule has 0 saturated carbocycles. The lowest BCUT2D eigenvalue weighted by Gasteiger charge is -2.35. The molecule has 3 aromatic rings. The van der Waals surface area contributed by atoms with Gasteiger partial charge in [-0.05, 0) is 29.8 Å². The summed E-state index contributed by atoms with van der Waals surface area (Å²) in [6.45, 7) is 7.20. The van der Waals surface area contributed by atoms with Crippen LogP contribution in [0.5, 0.6) is 0 Å². The molecule has 5 rings (SSSR count). The molecular weight excluding hydrogens is 452 g/mol. The summed E-state index contributed by atoms with van der Waals surface area (Å²) in [5, 5.41) is 0. The molecule has 3 heterocycles. The predicted octanol–water partition coefficient (Wildman–Crippen LogP) is 3.23. The fourth-order valence-electron chi connectivity index (χ4n) is 4.64. The predicted molar refractivity (Wildman–Crippen MR) is 128 cm³/mol. The summed E-state index contributed by atoms with van der Waals surface area (Å²) in [5.41, 5.74) is 2.29. The van der Waals surface area contributed by atoms with Crippen LogP contribution in [0.3, 0.4) is 0 Å². The second-order valence-corrected chi connectivity index (χ2v) is 9.04. The van der Waals surface area contributed by atoms with Crippen LogP contribution in [0.25, 0.3) is 0 Å². The van der Waals surface area contributed by atoms with E-state index in [1.165, 1.54) is 24.1 Å². The van der Waals surface area contributed by atoms with Gasteiger partial charge in [0.25, 0.3) is 5.91 Å². The van der Waals surface area contributed by atoms with Gasteiger partial charge in [-0.3, -0.25) is 14.6 Å². The topological polar surface area (TPSA) is 56.1 Å². The van der Waals surface area contributed by atoms with E-state index in [0.29, 0.717) is 37.8 Å². The average molecular weight is 482 g/mol. The van der Waals surface area contributed by atoms with E-state index >= 15 is 0 Å². The van der Waals surface area contributed by atoms with Crippen LogP contribution in [0.1, 0.15) is 21.9 Å². The average Bonchev–Trinajstić information content (AvgIpc) is 3.36. The molecule has 7 nitrogen and oxygen atoms in total. The third-order valence-electron chi connectivity index (χ3n) is 6.67. The smallest absolute Gasteiger partial charge is 0.275 e. The molecule has 0 unspecified atom stereocenters. The molecule has 2 aliphatic rings. The Balaban J connectivity index is 1.08. The van der Waals surface area contributed by atoms with Crippen LogP contribution in [-0.2, 0) is 13.1 Å². The zero-order chi connectivity index (χ0) is 24.2. The number of oxazole rings is 1. The highest BCUT2D eigenvalue weighted by Gasteiger charge is 2.25. The standard InChI is InChI=1S/C26H29F2N5O2/c27-22-7-6-20(16-23(22)28)17-30-8-10-31(11-9-30)18-25-29-24(19-35-25)26(34)33-14-12-32(13-15-33)21-4-2-1-3-5-21/h1-7,16,19H,8-15,17-18H2. The van der Waals surface area contributed by atoms with Crippen LogP contribution in [0.2, 0.25) is 0 Å². The Hall–Kier alpha value is -3.30. The minimum absolute atomic E-state index is 0.0935. The number of aromatic nitrogens is 1. The number of piperazine rings is 2. The number of rotatable bonds is 6. The maximum Gasteiger partial charge on any atom is 0.275 e. The molecule has 1 amide bonds. The van der Waals surface area contributed by atoms with E-state index in [0.717, 1.165) is 44.8 Å².